The quantitative estimate of drug-likeness (QED) is 0.281. The molecule has 128 valence electrons. The predicted molar refractivity (Wildman–Crippen MR) is 109 cm³/mol. The molecule has 0 aliphatic heterocycles. The molecular weight excluding hydrogens is 433 g/mol. The minimum absolute atomic E-state index is 0.0290. The highest BCUT2D eigenvalue weighted by Crippen LogP contribution is 2.67. The third-order valence-corrected chi connectivity index (χ3v) is 7.45. The highest BCUT2D eigenvalue weighted by atomic mass is 127. The predicted octanol–water partition coefficient (Wildman–Crippen LogP) is 2.96. The maximum absolute atomic E-state index is 12.2. The van der Waals surface area contributed by atoms with Crippen LogP contribution in [0.1, 0.15) is 12.0 Å². The van der Waals surface area contributed by atoms with E-state index in [0.29, 0.717) is 5.75 Å². The summed E-state index contributed by atoms with van der Waals surface area (Å²) in [5.41, 5.74) is 0.642. The van der Waals surface area contributed by atoms with Crippen molar-refractivity contribution >= 4 is 45.3 Å². The molecule has 1 heterocycles. The topological polar surface area (TPSA) is 48.3 Å². The van der Waals surface area contributed by atoms with Crippen molar-refractivity contribution in [3.05, 3.63) is 34.2 Å². The van der Waals surface area contributed by atoms with Crippen molar-refractivity contribution in [2.45, 2.75) is 18.7 Å². The van der Waals surface area contributed by atoms with Crippen molar-refractivity contribution < 1.29 is 9.53 Å². The number of halogens is 1. The Morgan fingerprint density at radius 2 is 2.09 bits per heavy atom. The van der Waals surface area contributed by atoms with E-state index < -0.39 is 12.3 Å². The summed E-state index contributed by atoms with van der Waals surface area (Å²) in [6.07, 6.45) is 8.48. The molecule has 0 fully saturated rings. The van der Waals surface area contributed by atoms with E-state index in [2.05, 4.69) is 44.7 Å². The molecule has 0 aliphatic rings. The molecule has 0 unspecified atom stereocenters. The van der Waals surface area contributed by atoms with Crippen molar-refractivity contribution in [1.29, 1.82) is 0 Å². The molecule has 7 heteroatoms. The first kappa shape index (κ1) is 19.9. The molecule has 0 bridgehead atoms. The summed E-state index contributed by atoms with van der Waals surface area (Å²) in [5.74, 6) is 2.60. The lowest BCUT2D eigenvalue weighted by molar-refractivity contribution is -0.141. The minimum atomic E-state index is -1.45. The van der Waals surface area contributed by atoms with Gasteiger partial charge in [-0.05, 0) is 64.0 Å². The van der Waals surface area contributed by atoms with Gasteiger partial charge in [0.1, 0.15) is 6.54 Å². The van der Waals surface area contributed by atoms with Crippen molar-refractivity contribution in [2.24, 2.45) is 0 Å². The molecule has 4 nitrogen and oxygen atoms in total. The third kappa shape index (κ3) is 7.92. The lowest BCUT2D eigenvalue weighted by atomic mass is 10.3. The molecule has 0 amide bonds. The number of carbonyl (C=O) groups excluding carboxylic acids is 1. The van der Waals surface area contributed by atoms with E-state index >= 15 is 0 Å². The first-order chi connectivity index (χ1) is 10.1. The van der Waals surface area contributed by atoms with Gasteiger partial charge in [-0.15, -0.1) is 0 Å². The van der Waals surface area contributed by atoms with Gasteiger partial charge in [-0.1, -0.05) is 6.07 Å². The van der Waals surface area contributed by atoms with Crippen LogP contribution in [0.5, 0.6) is 0 Å². The number of carbonyl (C=O) groups is 1. The van der Waals surface area contributed by atoms with E-state index in [1.165, 1.54) is 23.9 Å². The van der Waals surface area contributed by atoms with Crippen LogP contribution < -0.4 is 5.56 Å². The van der Waals surface area contributed by atoms with E-state index in [1.54, 1.807) is 18.0 Å². The number of thioether (sulfide) groups is 1. The Labute approximate surface area is 149 Å². The van der Waals surface area contributed by atoms with Crippen LogP contribution in [0.3, 0.4) is 0 Å². The number of hydrogen-bond acceptors (Lipinski definition) is 4. The number of esters is 1. The second-order valence-corrected chi connectivity index (χ2v) is 24.7. The van der Waals surface area contributed by atoms with Gasteiger partial charge in [-0.3, -0.25) is 9.59 Å². The van der Waals surface area contributed by atoms with Crippen molar-refractivity contribution in [2.75, 3.05) is 37.4 Å². The zero-order valence-corrected chi connectivity index (χ0v) is 17.5. The monoisotopic (exact) mass is 459 g/mol. The molecular formula is C15H26INO3S2. The number of rotatable bonds is 8. The Morgan fingerprint density at radius 1 is 1.41 bits per heavy atom. The number of hydrogen-bond donors (Lipinski definition) is 1. The van der Waals surface area contributed by atoms with Crippen LogP contribution in [0, 0.1) is 0 Å². The summed E-state index contributed by atoms with van der Waals surface area (Å²) in [6.45, 7) is -0.0290. The van der Waals surface area contributed by atoms with Crippen LogP contribution in [-0.4, -0.2) is 47.9 Å². The maximum Gasteiger partial charge on any atom is 0.325 e. The van der Waals surface area contributed by atoms with Crippen LogP contribution in [0.2, 0.25) is 0 Å². The zero-order chi connectivity index (χ0) is 16.8. The van der Waals surface area contributed by atoms with E-state index in [9.17, 15) is 9.59 Å². The Balaban J connectivity index is 2.52. The number of ether oxygens (including phenoxy) is 1. The summed E-state index contributed by atoms with van der Waals surface area (Å²) >= 11 is 4.40. The van der Waals surface area contributed by atoms with Crippen molar-refractivity contribution in [1.82, 2.24) is 4.57 Å². The molecule has 0 aromatic carbocycles. The normalized spacial score (nSPS) is 13.4. The number of methoxy groups -OCH3 is 1. The maximum atomic E-state index is 12.2. The summed E-state index contributed by atoms with van der Waals surface area (Å²) in [5, 5.41) is 0. The molecule has 1 rings (SSSR count). The molecule has 0 aliphatic carbocycles. The largest absolute Gasteiger partial charge is 0.468 e. The Bertz CT molecular complexity index is 569. The molecule has 0 saturated carbocycles. The number of aromatic nitrogens is 1. The highest BCUT2D eigenvalue weighted by molar-refractivity contribution is 14.2. The number of pyridine rings is 1. The highest BCUT2D eigenvalue weighted by Gasteiger charge is 2.19. The average molecular weight is 459 g/mol. The average Bonchev–Trinajstić information content (AvgIpc) is 2.40. The zero-order valence-electron chi connectivity index (χ0n) is 13.7. The lowest BCUT2D eigenvalue weighted by Gasteiger charge is -2.44. The first-order valence-corrected chi connectivity index (χ1v) is 14.8. The van der Waals surface area contributed by atoms with Gasteiger partial charge in [-0.2, -0.15) is 11.8 Å². The van der Waals surface area contributed by atoms with E-state index in [4.69, 9.17) is 0 Å². The Morgan fingerprint density at radius 3 is 2.68 bits per heavy atom. The van der Waals surface area contributed by atoms with Crippen molar-refractivity contribution in [3.63, 3.8) is 0 Å². The minimum Gasteiger partial charge on any atom is -0.468 e. The smallest absolute Gasteiger partial charge is 0.325 e. The van der Waals surface area contributed by atoms with Crippen LogP contribution >= 0.6 is 39.3 Å². The number of nitrogens with zero attached hydrogens (tertiary/aromatic N) is 1. The van der Waals surface area contributed by atoms with E-state index in [1.807, 2.05) is 12.1 Å². The molecule has 22 heavy (non-hydrogen) atoms. The van der Waals surface area contributed by atoms with Crippen LogP contribution in [0.4, 0.5) is 0 Å². The van der Waals surface area contributed by atoms with Gasteiger partial charge in [0.2, 0.25) is 0 Å². The fourth-order valence-electron chi connectivity index (χ4n) is 1.91. The van der Waals surface area contributed by atoms with Crippen LogP contribution in [0.25, 0.3) is 0 Å². The summed E-state index contributed by atoms with van der Waals surface area (Å²) in [4.78, 5) is 23.5. The third-order valence-electron chi connectivity index (χ3n) is 3.09. The molecule has 0 atom stereocenters. The van der Waals surface area contributed by atoms with E-state index in [-0.39, 0.29) is 12.1 Å². The lowest BCUT2D eigenvalue weighted by Crippen LogP contribution is -2.26. The molecule has 0 spiro atoms. The molecule has 1 aromatic rings. The second kappa shape index (κ2) is 8.10. The summed E-state index contributed by atoms with van der Waals surface area (Å²) in [7, 11) is 1.32. The fourth-order valence-corrected chi connectivity index (χ4v) is 5.30. The number of thiol groups is 1. The van der Waals surface area contributed by atoms with Gasteiger partial charge in [0.05, 0.1) is 7.11 Å². The second-order valence-electron chi connectivity index (χ2n) is 6.59. The summed E-state index contributed by atoms with van der Waals surface area (Å²) < 4.78 is 6.01. The van der Waals surface area contributed by atoms with Gasteiger partial charge < -0.3 is 9.30 Å². The molecule has 0 saturated heterocycles. The van der Waals surface area contributed by atoms with E-state index in [0.717, 1.165) is 11.3 Å². The fraction of sp³-hybridized carbons (Fsp3) is 0.600. The van der Waals surface area contributed by atoms with Gasteiger partial charge in [0.25, 0.3) is 5.56 Å². The Hall–Kier alpha value is -0.150. The Kier molecular flexibility index (Phi) is 7.32. The van der Waals surface area contributed by atoms with Gasteiger partial charge in [-0.25, -0.2) is 6.33 Å². The molecule has 0 N–H and O–H groups in total. The van der Waals surface area contributed by atoms with Crippen molar-refractivity contribution in [3.8, 4) is 0 Å². The van der Waals surface area contributed by atoms with Crippen LogP contribution in [0.15, 0.2) is 23.1 Å². The first-order valence-electron chi connectivity index (χ1n) is 7.14. The standard InChI is InChI=1S/C15H26INO3S2/c1-20-14(18)11-17-8-5-7-13(15(17)19)12-21-9-6-10-22(2,3,4)16/h5,7-8,22H,6,9-12H2,1-4H3. The molecule has 0 radical (unpaired) electrons. The van der Waals surface area contributed by atoms with Gasteiger partial charge in [0, 0.05) is 17.5 Å². The molecule has 1 aromatic heterocycles. The summed E-state index contributed by atoms with van der Waals surface area (Å²) in [6, 6.07) is 3.64. The van der Waals surface area contributed by atoms with Gasteiger partial charge >= 0.3 is 5.97 Å². The SMILES string of the molecule is COC(=O)Cn1cccc(CSCCC[SH](C)(C)(C)I)c1=O. The van der Waals surface area contributed by atoms with Crippen LogP contribution in [-0.2, 0) is 21.8 Å². The van der Waals surface area contributed by atoms with Gasteiger partial charge in [0.15, 0.2) is 0 Å².